The molecule has 106 valence electrons. The molecule has 2 heteroatoms. The van der Waals surface area contributed by atoms with Crippen molar-refractivity contribution in [1.82, 2.24) is 5.32 Å². The highest BCUT2D eigenvalue weighted by Crippen LogP contribution is 2.34. The van der Waals surface area contributed by atoms with Crippen LogP contribution in [0.1, 0.15) is 51.5 Å². The van der Waals surface area contributed by atoms with Gasteiger partial charge in [0, 0.05) is 13.1 Å². The maximum atomic E-state index is 5.46. The van der Waals surface area contributed by atoms with E-state index in [2.05, 4.69) is 36.5 Å². The zero-order chi connectivity index (χ0) is 13.6. The van der Waals surface area contributed by atoms with Crippen LogP contribution in [0.25, 0.3) is 0 Å². The molecule has 0 atom stereocenters. The molecule has 1 aromatic carbocycles. The molecule has 0 amide bonds. The van der Waals surface area contributed by atoms with E-state index in [-0.39, 0.29) is 0 Å². The van der Waals surface area contributed by atoms with Crippen LogP contribution in [0.5, 0.6) is 5.75 Å². The quantitative estimate of drug-likeness (QED) is 0.830. The van der Waals surface area contributed by atoms with Crippen LogP contribution in [-0.2, 0) is 6.54 Å². The normalized spacial score (nSPS) is 18.2. The van der Waals surface area contributed by atoms with Crippen molar-refractivity contribution in [3.8, 4) is 5.75 Å². The van der Waals surface area contributed by atoms with Crippen molar-refractivity contribution in [3.63, 3.8) is 0 Å². The molecular weight excluding hydrogens is 234 g/mol. The Morgan fingerprint density at radius 3 is 2.42 bits per heavy atom. The molecule has 1 saturated carbocycles. The molecule has 2 nitrogen and oxygen atoms in total. The Labute approximate surface area is 117 Å². The van der Waals surface area contributed by atoms with E-state index in [4.69, 9.17) is 4.74 Å². The van der Waals surface area contributed by atoms with E-state index in [9.17, 15) is 0 Å². The van der Waals surface area contributed by atoms with Crippen LogP contribution in [0.2, 0.25) is 0 Å². The molecule has 0 saturated heterocycles. The van der Waals surface area contributed by atoms with Crippen molar-refractivity contribution < 1.29 is 4.74 Å². The molecule has 1 aromatic rings. The Hall–Kier alpha value is -1.02. The van der Waals surface area contributed by atoms with Gasteiger partial charge in [0.2, 0.25) is 0 Å². The first kappa shape index (κ1) is 14.4. The third-order valence-corrected chi connectivity index (χ3v) is 4.18. The predicted molar refractivity (Wildman–Crippen MR) is 80.5 cm³/mol. The molecule has 0 radical (unpaired) electrons. The van der Waals surface area contributed by atoms with E-state index >= 15 is 0 Å². The standard InChI is InChI=1S/C17H27NO/c1-3-19-16-9-7-15(8-10-16)13-18-14-17(2)11-5-4-6-12-17/h7-10,18H,3-6,11-14H2,1-2H3. The van der Waals surface area contributed by atoms with Crippen LogP contribution < -0.4 is 10.1 Å². The van der Waals surface area contributed by atoms with Crippen LogP contribution in [-0.4, -0.2) is 13.2 Å². The maximum absolute atomic E-state index is 5.46. The fraction of sp³-hybridized carbons (Fsp3) is 0.647. The topological polar surface area (TPSA) is 21.3 Å². The lowest BCUT2D eigenvalue weighted by molar-refractivity contribution is 0.207. The van der Waals surface area contributed by atoms with Gasteiger partial charge in [-0.3, -0.25) is 0 Å². The lowest BCUT2D eigenvalue weighted by atomic mass is 9.76. The summed E-state index contributed by atoms with van der Waals surface area (Å²) >= 11 is 0. The Balaban J connectivity index is 1.75. The zero-order valence-corrected chi connectivity index (χ0v) is 12.4. The smallest absolute Gasteiger partial charge is 0.119 e. The summed E-state index contributed by atoms with van der Waals surface area (Å²) in [5.74, 6) is 0.963. The zero-order valence-electron chi connectivity index (χ0n) is 12.4. The summed E-state index contributed by atoms with van der Waals surface area (Å²) in [5.41, 5.74) is 1.85. The molecule has 1 aliphatic carbocycles. The Morgan fingerprint density at radius 1 is 1.11 bits per heavy atom. The van der Waals surface area contributed by atoms with E-state index in [0.717, 1.165) is 25.4 Å². The van der Waals surface area contributed by atoms with E-state index in [1.54, 1.807) is 0 Å². The van der Waals surface area contributed by atoms with E-state index in [1.807, 2.05) is 6.92 Å². The van der Waals surface area contributed by atoms with Gasteiger partial charge in [0.25, 0.3) is 0 Å². The molecule has 0 bridgehead atoms. The number of rotatable bonds is 6. The molecule has 1 fully saturated rings. The summed E-state index contributed by atoms with van der Waals surface area (Å²) in [5, 5.41) is 3.62. The average Bonchev–Trinajstić information content (AvgIpc) is 2.42. The summed E-state index contributed by atoms with van der Waals surface area (Å²) in [6.45, 7) is 7.27. The van der Waals surface area contributed by atoms with Gasteiger partial charge in [0.15, 0.2) is 0 Å². The fourth-order valence-corrected chi connectivity index (χ4v) is 2.96. The van der Waals surface area contributed by atoms with Crippen LogP contribution in [0.15, 0.2) is 24.3 Å². The summed E-state index contributed by atoms with van der Waals surface area (Å²) in [6.07, 6.45) is 6.99. The molecule has 0 aromatic heterocycles. The summed E-state index contributed by atoms with van der Waals surface area (Å²) in [7, 11) is 0. The Kier molecular flexibility index (Phi) is 5.26. The minimum atomic E-state index is 0.517. The molecule has 1 aliphatic rings. The van der Waals surface area contributed by atoms with Gasteiger partial charge in [-0.15, -0.1) is 0 Å². The lowest BCUT2D eigenvalue weighted by Gasteiger charge is -2.33. The van der Waals surface area contributed by atoms with E-state index in [1.165, 1.54) is 37.7 Å². The van der Waals surface area contributed by atoms with Crippen molar-refractivity contribution in [2.75, 3.05) is 13.2 Å². The third-order valence-electron chi connectivity index (χ3n) is 4.18. The number of nitrogens with one attached hydrogen (secondary N) is 1. The summed E-state index contributed by atoms with van der Waals surface area (Å²) in [4.78, 5) is 0. The van der Waals surface area contributed by atoms with Gasteiger partial charge in [-0.2, -0.15) is 0 Å². The molecule has 1 N–H and O–H groups in total. The van der Waals surface area contributed by atoms with Crippen LogP contribution >= 0.6 is 0 Å². The molecule has 0 unspecified atom stereocenters. The summed E-state index contributed by atoms with van der Waals surface area (Å²) < 4.78 is 5.46. The second kappa shape index (κ2) is 6.95. The van der Waals surface area contributed by atoms with Crippen LogP contribution in [0.3, 0.4) is 0 Å². The molecule has 0 aliphatic heterocycles. The van der Waals surface area contributed by atoms with Crippen molar-refractivity contribution in [3.05, 3.63) is 29.8 Å². The Bertz CT molecular complexity index is 365. The molecule has 0 heterocycles. The average molecular weight is 261 g/mol. The first-order valence-corrected chi connectivity index (χ1v) is 7.64. The van der Waals surface area contributed by atoms with Gasteiger partial charge in [-0.25, -0.2) is 0 Å². The van der Waals surface area contributed by atoms with Crippen molar-refractivity contribution >= 4 is 0 Å². The highest BCUT2D eigenvalue weighted by Gasteiger charge is 2.25. The molecule has 0 spiro atoms. The number of hydrogen-bond donors (Lipinski definition) is 1. The van der Waals surface area contributed by atoms with Crippen molar-refractivity contribution in [1.29, 1.82) is 0 Å². The first-order valence-electron chi connectivity index (χ1n) is 7.64. The second-order valence-corrected chi connectivity index (χ2v) is 6.05. The minimum absolute atomic E-state index is 0.517. The number of benzene rings is 1. The highest BCUT2D eigenvalue weighted by atomic mass is 16.5. The number of hydrogen-bond acceptors (Lipinski definition) is 2. The second-order valence-electron chi connectivity index (χ2n) is 6.05. The van der Waals surface area contributed by atoms with Gasteiger partial charge < -0.3 is 10.1 Å². The van der Waals surface area contributed by atoms with Crippen molar-refractivity contribution in [2.24, 2.45) is 5.41 Å². The third kappa shape index (κ3) is 4.54. The minimum Gasteiger partial charge on any atom is -0.494 e. The molecular formula is C17H27NO. The summed E-state index contributed by atoms with van der Waals surface area (Å²) in [6, 6.07) is 8.42. The van der Waals surface area contributed by atoms with Gasteiger partial charge >= 0.3 is 0 Å². The maximum Gasteiger partial charge on any atom is 0.119 e. The van der Waals surface area contributed by atoms with Crippen LogP contribution in [0.4, 0.5) is 0 Å². The van der Waals surface area contributed by atoms with Gasteiger partial charge in [0.1, 0.15) is 5.75 Å². The SMILES string of the molecule is CCOc1ccc(CNCC2(C)CCCCC2)cc1. The molecule has 2 rings (SSSR count). The van der Waals surface area contributed by atoms with E-state index in [0.29, 0.717) is 5.41 Å². The largest absolute Gasteiger partial charge is 0.494 e. The fourth-order valence-electron chi connectivity index (χ4n) is 2.96. The lowest BCUT2D eigenvalue weighted by Crippen LogP contribution is -2.33. The van der Waals surface area contributed by atoms with Gasteiger partial charge in [0.05, 0.1) is 6.61 Å². The van der Waals surface area contributed by atoms with Crippen LogP contribution in [0, 0.1) is 5.41 Å². The first-order chi connectivity index (χ1) is 9.22. The number of ether oxygens (including phenoxy) is 1. The highest BCUT2D eigenvalue weighted by molar-refractivity contribution is 5.27. The van der Waals surface area contributed by atoms with Gasteiger partial charge in [-0.1, -0.05) is 38.3 Å². The predicted octanol–water partition coefficient (Wildman–Crippen LogP) is 4.15. The monoisotopic (exact) mass is 261 g/mol. The van der Waals surface area contributed by atoms with Crippen molar-refractivity contribution in [2.45, 2.75) is 52.5 Å². The Morgan fingerprint density at radius 2 is 1.79 bits per heavy atom. The molecule has 19 heavy (non-hydrogen) atoms. The van der Waals surface area contributed by atoms with E-state index < -0.39 is 0 Å². The van der Waals surface area contributed by atoms with Gasteiger partial charge in [-0.05, 0) is 42.9 Å².